The third-order valence-corrected chi connectivity index (χ3v) is 3.68. The van der Waals surface area contributed by atoms with Gasteiger partial charge in [-0.2, -0.15) is 0 Å². The summed E-state index contributed by atoms with van der Waals surface area (Å²) in [5.41, 5.74) is 5.09. The Morgan fingerprint density at radius 3 is 1.70 bits per heavy atom. The van der Waals surface area contributed by atoms with Gasteiger partial charge in [0.2, 0.25) is 5.91 Å². The molecular formula is C18H35NO. The highest BCUT2D eigenvalue weighted by Crippen LogP contribution is 2.10. The molecule has 0 radical (unpaired) electrons. The zero-order valence-electron chi connectivity index (χ0n) is 13.5. The molecule has 0 bridgehead atoms. The van der Waals surface area contributed by atoms with Crippen LogP contribution in [0.2, 0.25) is 0 Å². The van der Waals surface area contributed by atoms with Crippen LogP contribution in [0.4, 0.5) is 0 Å². The van der Waals surface area contributed by atoms with Crippen LogP contribution >= 0.6 is 0 Å². The molecule has 0 fully saturated rings. The summed E-state index contributed by atoms with van der Waals surface area (Å²) in [4.78, 5) is 10.5. The highest BCUT2D eigenvalue weighted by atomic mass is 16.1. The summed E-state index contributed by atoms with van der Waals surface area (Å²) in [6.45, 7) is 2.27. The van der Waals surface area contributed by atoms with Crippen molar-refractivity contribution in [1.29, 1.82) is 0 Å². The van der Waals surface area contributed by atoms with Crippen molar-refractivity contribution in [3.8, 4) is 0 Å². The van der Waals surface area contributed by atoms with Gasteiger partial charge in [-0.05, 0) is 32.1 Å². The maximum atomic E-state index is 10.5. The van der Waals surface area contributed by atoms with Crippen LogP contribution in [0.1, 0.15) is 96.8 Å². The van der Waals surface area contributed by atoms with Gasteiger partial charge < -0.3 is 5.73 Å². The molecule has 0 aromatic rings. The number of allylic oxidation sites excluding steroid dienone is 2. The molecule has 0 aliphatic carbocycles. The van der Waals surface area contributed by atoms with Gasteiger partial charge in [0, 0.05) is 6.42 Å². The van der Waals surface area contributed by atoms with Crippen LogP contribution in [0.3, 0.4) is 0 Å². The van der Waals surface area contributed by atoms with Gasteiger partial charge in [-0.15, -0.1) is 0 Å². The van der Waals surface area contributed by atoms with E-state index in [-0.39, 0.29) is 5.91 Å². The summed E-state index contributed by atoms with van der Waals surface area (Å²) in [6.07, 6.45) is 21.9. The minimum Gasteiger partial charge on any atom is -0.370 e. The standard InChI is InChI=1S/C18H35NO/c1-2-3-4-5-6-7-8-9-10-11-12-13-14-15-16-17-18(19)20/h11-12H,2-10,13-17H2,1H3,(H2,19,20)/b12-11-. The predicted molar refractivity (Wildman–Crippen MR) is 88.6 cm³/mol. The highest BCUT2D eigenvalue weighted by molar-refractivity contribution is 5.73. The Bertz CT molecular complexity index is 236. The van der Waals surface area contributed by atoms with E-state index in [1.165, 1.54) is 64.2 Å². The van der Waals surface area contributed by atoms with Crippen molar-refractivity contribution < 1.29 is 4.79 Å². The molecule has 2 N–H and O–H groups in total. The Hall–Kier alpha value is -0.790. The van der Waals surface area contributed by atoms with Gasteiger partial charge in [0.05, 0.1) is 0 Å². The molecule has 2 nitrogen and oxygen atoms in total. The van der Waals surface area contributed by atoms with Crippen molar-refractivity contribution in [2.45, 2.75) is 96.8 Å². The molecular weight excluding hydrogens is 246 g/mol. The first-order valence-corrected chi connectivity index (χ1v) is 8.70. The molecule has 1 amide bonds. The van der Waals surface area contributed by atoms with Gasteiger partial charge in [0.1, 0.15) is 0 Å². The minimum absolute atomic E-state index is 0.171. The fraction of sp³-hybridized carbons (Fsp3) is 0.833. The first kappa shape index (κ1) is 19.2. The van der Waals surface area contributed by atoms with E-state index >= 15 is 0 Å². The topological polar surface area (TPSA) is 43.1 Å². The van der Waals surface area contributed by atoms with Crippen LogP contribution in [0.5, 0.6) is 0 Å². The lowest BCUT2D eigenvalue weighted by Crippen LogP contribution is -2.09. The molecule has 20 heavy (non-hydrogen) atoms. The van der Waals surface area contributed by atoms with E-state index in [2.05, 4.69) is 19.1 Å². The molecule has 0 aliphatic rings. The van der Waals surface area contributed by atoms with Crippen LogP contribution in [0.15, 0.2) is 12.2 Å². The molecule has 0 aliphatic heterocycles. The molecule has 0 saturated carbocycles. The highest BCUT2D eigenvalue weighted by Gasteiger charge is 1.93. The van der Waals surface area contributed by atoms with E-state index in [1.807, 2.05) is 0 Å². The van der Waals surface area contributed by atoms with Crippen molar-refractivity contribution >= 4 is 5.91 Å². The molecule has 0 unspecified atom stereocenters. The Morgan fingerprint density at radius 2 is 1.20 bits per heavy atom. The zero-order valence-corrected chi connectivity index (χ0v) is 13.5. The van der Waals surface area contributed by atoms with E-state index in [0.29, 0.717) is 6.42 Å². The van der Waals surface area contributed by atoms with Crippen LogP contribution < -0.4 is 5.73 Å². The van der Waals surface area contributed by atoms with Crippen LogP contribution in [0, 0.1) is 0 Å². The summed E-state index contributed by atoms with van der Waals surface area (Å²) in [5.74, 6) is -0.171. The van der Waals surface area contributed by atoms with Crippen LogP contribution in [0.25, 0.3) is 0 Å². The largest absolute Gasteiger partial charge is 0.370 e. The Balaban J connectivity index is 3.07. The quantitative estimate of drug-likeness (QED) is 0.312. The van der Waals surface area contributed by atoms with Crippen molar-refractivity contribution in [2.24, 2.45) is 5.73 Å². The fourth-order valence-electron chi connectivity index (χ4n) is 2.37. The molecule has 0 spiro atoms. The Kier molecular flexibility index (Phi) is 15.6. The molecule has 2 heteroatoms. The molecule has 0 saturated heterocycles. The van der Waals surface area contributed by atoms with Crippen molar-refractivity contribution in [2.75, 3.05) is 0 Å². The summed E-state index contributed by atoms with van der Waals surface area (Å²) in [5, 5.41) is 0. The van der Waals surface area contributed by atoms with Gasteiger partial charge in [-0.1, -0.05) is 70.4 Å². The van der Waals surface area contributed by atoms with E-state index in [1.54, 1.807) is 0 Å². The van der Waals surface area contributed by atoms with Gasteiger partial charge in [0.25, 0.3) is 0 Å². The third kappa shape index (κ3) is 17.2. The van der Waals surface area contributed by atoms with Crippen molar-refractivity contribution in [3.05, 3.63) is 12.2 Å². The van der Waals surface area contributed by atoms with Gasteiger partial charge in [-0.25, -0.2) is 0 Å². The summed E-state index contributed by atoms with van der Waals surface area (Å²) >= 11 is 0. The molecule has 0 rings (SSSR count). The summed E-state index contributed by atoms with van der Waals surface area (Å²) < 4.78 is 0. The second kappa shape index (κ2) is 16.3. The number of amides is 1. The lowest BCUT2D eigenvalue weighted by atomic mass is 10.1. The summed E-state index contributed by atoms with van der Waals surface area (Å²) in [6, 6.07) is 0. The molecule has 0 heterocycles. The first-order valence-electron chi connectivity index (χ1n) is 8.70. The van der Waals surface area contributed by atoms with Gasteiger partial charge >= 0.3 is 0 Å². The third-order valence-electron chi connectivity index (χ3n) is 3.68. The molecule has 0 atom stereocenters. The average molecular weight is 281 g/mol. The second-order valence-corrected chi connectivity index (χ2v) is 5.80. The van der Waals surface area contributed by atoms with Crippen LogP contribution in [-0.4, -0.2) is 5.91 Å². The predicted octanol–water partition coefficient (Wildman–Crippen LogP) is 5.51. The van der Waals surface area contributed by atoms with Crippen molar-refractivity contribution in [1.82, 2.24) is 0 Å². The lowest BCUT2D eigenvalue weighted by molar-refractivity contribution is -0.118. The fourth-order valence-corrected chi connectivity index (χ4v) is 2.37. The Labute approximate surface area is 126 Å². The number of nitrogens with two attached hydrogens (primary N) is 1. The first-order chi connectivity index (χ1) is 9.77. The van der Waals surface area contributed by atoms with Gasteiger partial charge in [0.15, 0.2) is 0 Å². The Morgan fingerprint density at radius 1 is 0.750 bits per heavy atom. The van der Waals surface area contributed by atoms with E-state index in [4.69, 9.17) is 5.73 Å². The van der Waals surface area contributed by atoms with E-state index in [9.17, 15) is 4.79 Å². The SMILES string of the molecule is CCCCCCCCCC/C=C\CCCCCC(N)=O. The number of hydrogen-bond donors (Lipinski definition) is 1. The number of carbonyl (C=O) groups excluding carboxylic acids is 1. The molecule has 0 aromatic carbocycles. The lowest BCUT2D eigenvalue weighted by Gasteiger charge is -2.00. The minimum atomic E-state index is -0.171. The number of primary amides is 1. The smallest absolute Gasteiger partial charge is 0.217 e. The zero-order chi connectivity index (χ0) is 14.9. The van der Waals surface area contributed by atoms with Crippen molar-refractivity contribution in [3.63, 3.8) is 0 Å². The monoisotopic (exact) mass is 281 g/mol. The van der Waals surface area contributed by atoms with E-state index in [0.717, 1.165) is 19.3 Å². The summed E-state index contributed by atoms with van der Waals surface area (Å²) in [7, 11) is 0. The normalized spacial score (nSPS) is 11.2. The number of rotatable bonds is 15. The van der Waals surface area contributed by atoms with Gasteiger partial charge in [-0.3, -0.25) is 4.79 Å². The number of carbonyl (C=O) groups is 1. The van der Waals surface area contributed by atoms with Crippen LogP contribution in [-0.2, 0) is 4.79 Å². The number of hydrogen-bond acceptors (Lipinski definition) is 1. The maximum absolute atomic E-state index is 10.5. The maximum Gasteiger partial charge on any atom is 0.217 e. The average Bonchev–Trinajstić information content (AvgIpc) is 2.43. The molecule has 0 aromatic heterocycles. The van der Waals surface area contributed by atoms with E-state index < -0.39 is 0 Å². The number of unbranched alkanes of at least 4 members (excludes halogenated alkanes) is 11. The molecule has 118 valence electrons. The second-order valence-electron chi connectivity index (χ2n) is 5.80.